The summed E-state index contributed by atoms with van der Waals surface area (Å²) in [5.74, 6) is -1.15. The summed E-state index contributed by atoms with van der Waals surface area (Å²) in [6.45, 7) is 0. The summed E-state index contributed by atoms with van der Waals surface area (Å²) in [7, 11) is 0. The number of aromatic carboxylic acids is 1. The zero-order valence-electron chi connectivity index (χ0n) is 9.08. The van der Waals surface area contributed by atoms with Crippen LogP contribution < -0.4 is 0 Å². The van der Waals surface area contributed by atoms with Crippen molar-refractivity contribution in [1.82, 2.24) is 14.8 Å². The summed E-state index contributed by atoms with van der Waals surface area (Å²) in [6.07, 6.45) is -1.23. The minimum atomic E-state index is -2.76. The second-order valence-electron chi connectivity index (χ2n) is 3.55. The Bertz CT molecular complexity index is 748. The molecule has 0 aromatic carbocycles. The lowest BCUT2D eigenvalue weighted by molar-refractivity contribution is 0.0702. The van der Waals surface area contributed by atoms with Crippen molar-refractivity contribution in [3.8, 4) is 5.13 Å². The minimum Gasteiger partial charge on any atom is -0.477 e. The van der Waals surface area contributed by atoms with Gasteiger partial charge in [-0.1, -0.05) is 0 Å². The second-order valence-corrected chi connectivity index (χ2v) is 5.45. The van der Waals surface area contributed by atoms with Crippen molar-refractivity contribution in [3.63, 3.8) is 0 Å². The number of thiophene rings is 1. The number of thiazole rings is 1. The Morgan fingerprint density at radius 1 is 1.47 bits per heavy atom. The molecule has 98 valence electrons. The largest absolute Gasteiger partial charge is 0.477 e. The van der Waals surface area contributed by atoms with Crippen LogP contribution in [0.2, 0.25) is 0 Å². The van der Waals surface area contributed by atoms with Gasteiger partial charge in [0.15, 0.2) is 0 Å². The Morgan fingerprint density at radius 3 is 2.84 bits per heavy atom. The van der Waals surface area contributed by atoms with Crippen molar-refractivity contribution in [1.29, 1.82) is 0 Å². The SMILES string of the molecule is O=C(O)c1cc2c(C(F)F)nn(-c3nccs3)c2s1. The van der Waals surface area contributed by atoms with Gasteiger partial charge in [0.05, 0.1) is 0 Å². The fourth-order valence-corrected chi connectivity index (χ4v) is 3.26. The van der Waals surface area contributed by atoms with Gasteiger partial charge in [-0.3, -0.25) is 0 Å². The number of carbonyl (C=O) groups is 1. The minimum absolute atomic E-state index is 0.000365. The molecule has 0 unspecified atom stereocenters. The third-order valence-corrected chi connectivity index (χ3v) is 4.25. The first-order chi connectivity index (χ1) is 9.08. The topological polar surface area (TPSA) is 68.0 Å². The molecule has 0 bridgehead atoms. The third kappa shape index (κ3) is 1.90. The molecular weight excluding hydrogens is 296 g/mol. The molecule has 0 atom stereocenters. The van der Waals surface area contributed by atoms with Crippen LogP contribution in [0.5, 0.6) is 0 Å². The Hall–Kier alpha value is -1.87. The van der Waals surface area contributed by atoms with E-state index in [1.54, 1.807) is 5.38 Å². The molecule has 0 aliphatic heterocycles. The summed E-state index contributed by atoms with van der Waals surface area (Å²) < 4.78 is 27.1. The highest BCUT2D eigenvalue weighted by Gasteiger charge is 2.24. The highest BCUT2D eigenvalue weighted by Crippen LogP contribution is 2.35. The molecular formula is C10H5F2N3O2S2. The number of carboxylic acids is 1. The summed E-state index contributed by atoms with van der Waals surface area (Å²) in [4.78, 5) is 15.3. The number of carboxylic acid groups (broad SMARTS) is 1. The molecule has 9 heteroatoms. The molecule has 3 rings (SSSR count). The Labute approximate surface area is 112 Å². The lowest BCUT2D eigenvalue weighted by atomic mass is 10.3. The van der Waals surface area contributed by atoms with E-state index in [0.29, 0.717) is 9.96 Å². The van der Waals surface area contributed by atoms with Crippen LogP contribution in [0.15, 0.2) is 17.6 Å². The van der Waals surface area contributed by atoms with Crippen LogP contribution >= 0.6 is 22.7 Å². The van der Waals surface area contributed by atoms with E-state index in [9.17, 15) is 13.6 Å². The van der Waals surface area contributed by atoms with Gasteiger partial charge in [0, 0.05) is 17.0 Å². The van der Waals surface area contributed by atoms with Crippen LogP contribution in [0.4, 0.5) is 8.78 Å². The van der Waals surface area contributed by atoms with Gasteiger partial charge < -0.3 is 5.11 Å². The van der Waals surface area contributed by atoms with E-state index in [1.807, 2.05) is 0 Å². The summed E-state index contributed by atoms with van der Waals surface area (Å²) in [6, 6.07) is 1.22. The van der Waals surface area contributed by atoms with E-state index in [2.05, 4.69) is 10.1 Å². The number of hydrogen-bond donors (Lipinski definition) is 1. The lowest BCUT2D eigenvalue weighted by Crippen LogP contribution is -1.97. The molecule has 19 heavy (non-hydrogen) atoms. The van der Waals surface area contributed by atoms with E-state index < -0.39 is 18.1 Å². The van der Waals surface area contributed by atoms with Gasteiger partial charge in [-0.25, -0.2) is 18.6 Å². The van der Waals surface area contributed by atoms with E-state index in [1.165, 1.54) is 28.3 Å². The van der Waals surface area contributed by atoms with Crippen molar-refractivity contribution in [2.75, 3.05) is 0 Å². The Balaban J connectivity index is 2.30. The zero-order valence-corrected chi connectivity index (χ0v) is 10.7. The fourth-order valence-electron chi connectivity index (χ4n) is 1.65. The quantitative estimate of drug-likeness (QED) is 0.806. The molecule has 3 aromatic rings. The zero-order chi connectivity index (χ0) is 13.6. The molecule has 0 radical (unpaired) electrons. The third-order valence-electron chi connectivity index (χ3n) is 2.41. The van der Waals surface area contributed by atoms with Crippen molar-refractivity contribution < 1.29 is 18.7 Å². The van der Waals surface area contributed by atoms with Crippen LogP contribution in [-0.2, 0) is 0 Å². The molecule has 0 amide bonds. The maximum atomic E-state index is 12.9. The first-order valence-corrected chi connectivity index (χ1v) is 6.71. The molecule has 3 heterocycles. The van der Waals surface area contributed by atoms with Crippen molar-refractivity contribution in [2.45, 2.75) is 6.43 Å². The molecule has 0 aliphatic rings. The highest BCUT2D eigenvalue weighted by molar-refractivity contribution is 7.20. The molecule has 3 aromatic heterocycles. The van der Waals surface area contributed by atoms with E-state index in [0.717, 1.165) is 11.3 Å². The van der Waals surface area contributed by atoms with Crippen molar-refractivity contribution >= 4 is 38.9 Å². The smallest absolute Gasteiger partial charge is 0.345 e. The predicted molar refractivity (Wildman–Crippen MR) is 66.5 cm³/mol. The molecule has 0 spiro atoms. The van der Waals surface area contributed by atoms with Crippen LogP contribution in [-0.4, -0.2) is 25.8 Å². The predicted octanol–water partition coefficient (Wildman–Crippen LogP) is 3.18. The van der Waals surface area contributed by atoms with Gasteiger partial charge in [0.25, 0.3) is 6.43 Å². The summed E-state index contributed by atoms with van der Waals surface area (Å²) in [5, 5.41) is 15.0. The number of fused-ring (bicyclic) bond motifs is 1. The van der Waals surface area contributed by atoms with Crippen LogP contribution in [0.25, 0.3) is 15.3 Å². The van der Waals surface area contributed by atoms with E-state index >= 15 is 0 Å². The average Bonchev–Trinajstić information content (AvgIpc) is 3.03. The van der Waals surface area contributed by atoms with Crippen LogP contribution in [0.3, 0.4) is 0 Å². The molecule has 0 saturated heterocycles. The molecule has 0 aliphatic carbocycles. The summed E-state index contributed by atoms with van der Waals surface area (Å²) >= 11 is 2.14. The number of halogens is 2. The van der Waals surface area contributed by atoms with E-state index in [4.69, 9.17) is 5.11 Å². The van der Waals surface area contributed by atoms with Gasteiger partial charge in [-0.15, -0.1) is 22.7 Å². The lowest BCUT2D eigenvalue weighted by Gasteiger charge is -1.95. The number of rotatable bonds is 3. The molecule has 0 fully saturated rings. The monoisotopic (exact) mass is 301 g/mol. The summed E-state index contributed by atoms with van der Waals surface area (Å²) in [5.41, 5.74) is -0.422. The first kappa shape index (κ1) is 12.2. The van der Waals surface area contributed by atoms with Gasteiger partial charge in [0.2, 0.25) is 5.13 Å². The highest BCUT2D eigenvalue weighted by atomic mass is 32.1. The van der Waals surface area contributed by atoms with Gasteiger partial charge in [-0.05, 0) is 6.07 Å². The number of nitrogens with zero attached hydrogens (tertiary/aromatic N) is 3. The number of aromatic nitrogens is 3. The molecule has 0 saturated carbocycles. The van der Waals surface area contributed by atoms with Crippen molar-refractivity contribution in [3.05, 3.63) is 28.2 Å². The molecule has 5 nitrogen and oxygen atoms in total. The normalized spacial score (nSPS) is 11.5. The van der Waals surface area contributed by atoms with Gasteiger partial charge in [-0.2, -0.15) is 9.78 Å². The first-order valence-electron chi connectivity index (χ1n) is 5.01. The number of alkyl halides is 2. The van der Waals surface area contributed by atoms with Gasteiger partial charge >= 0.3 is 5.97 Å². The maximum absolute atomic E-state index is 12.9. The van der Waals surface area contributed by atoms with Crippen LogP contribution in [0, 0.1) is 0 Å². The van der Waals surface area contributed by atoms with Crippen molar-refractivity contribution in [2.24, 2.45) is 0 Å². The van der Waals surface area contributed by atoms with Crippen LogP contribution in [0.1, 0.15) is 21.8 Å². The fraction of sp³-hybridized carbons (Fsp3) is 0.100. The Morgan fingerprint density at radius 2 is 2.26 bits per heavy atom. The van der Waals surface area contributed by atoms with E-state index in [-0.39, 0.29) is 10.3 Å². The maximum Gasteiger partial charge on any atom is 0.345 e. The Kier molecular flexibility index (Phi) is 2.79. The number of hydrogen-bond acceptors (Lipinski definition) is 5. The van der Waals surface area contributed by atoms with Gasteiger partial charge in [0.1, 0.15) is 15.4 Å². The second kappa shape index (κ2) is 4.35. The molecule has 1 N–H and O–H groups in total. The standard InChI is InChI=1S/C10H5F2N3O2S2/c11-7(12)6-4-3-5(9(16)17)19-8(4)15(14-6)10-13-1-2-18-10/h1-3,7H,(H,16,17). The average molecular weight is 301 g/mol.